The molecule has 260 valence electrons. The molecule has 1 amide bonds. The highest BCUT2D eigenvalue weighted by molar-refractivity contribution is 7.18. The average molecular weight is 696 g/mol. The lowest BCUT2D eigenvalue weighted by atomic mass is 9.93. The number of carbonyl (C=O) groups excluding carboxylic acids is 1. The molecule has 0 unspecified atom stereocenters. The van der Waals surface area contributed by atoms with Crippen LogP contribution in [0.2, 0.25) is 0 Å². The van der Waals surface area contributed by atoms with Crippen LogP contribution in [0.5, 0.6) is 5.75 Å². The lowest BCUT2D eigenvalue weighted by Crippen LogP contribution is -2.47. The van der Waals surface area contributed by atoms with Gasteiger partial charge in [-0.25, -0.2) is 14.2 Å². The van der Waals surface area contributed by atoms with Crippen molar-refractivity contribution in [3.63, 3.8) is 0 Å². The lowest BCUT2D eigenvalue weighted by Gasteiger charge is -2.38. The number of benzene rings is 2. The Morgan fingerprint density at radius 1 is 1.08 bits per heavy atom. The van der Waals surface area contributed by atoms with E-state index < -0.39 is 5.60 Å². The van der Waals surface area contributed by atoms with Crippen molar-refractivity contribution in [1.82, 2.24) is 24.6 Å². The maximum Gasteiger partial charge on any atom is 0.410 e. The fourth-order valence-corrected chi connectivity index (χ4v) is 7.60. The number of fused-ring (bicyclic) bond motifs is 2. The SMILES string of the molecule is C=CCN1CC(n2cc(-c3nc(-c4ccc5c(c4)CCN(C(=O)OC(C)(C)C)C5)c4ccsc4c3-c3ccc(F)cc3OCCOC)cn2)C1. The highest BCUT2D eigenvalue weighted by Crippen LogP contribution is 2.46. The molecule has 11 heteroatoms. The molecule has 0 radical (unpaired) electrons. The van der Waals surface area contributed by atoms with Crippen molar-refractivity contribution in [2.24, 2.45) is 0 Å². The number of halogens is 1. The van der Waals surface area contributed by atoms with Gasteiger partial charge in [-0.3, -0.25) is 9.58 Å². The number of pyridine rings is 1. The molecular formula is C39H42FN5O4S. The second-order valence-corrected chi connectivity index (χ2v) is 14.8. The van der Waals surface area contributed by atoms with Crippen LogP contribution >= 0.6 is 11.3 Å². The van der Waals surface area contributed by atoms with Crippen molar-refractivity contribution in [3.8, 4) is 39.4 Å². The number of aromatic nitrogens is 3. The third kappa shape index (κ3) is 6.90. The standard InChI is InChI=1S/C39H42FN5O4S/c1-6-13-43-23-30(24-43)45-22-28(20-41-45)36-34(31-10-9-29(40)19-33(31)48-16-15-47-5)37-32(12-17-50-37)35(42-36)26-7-8-27-21-44(14-11-25(27)18-26)38(46)49-39(2,3)4/h6-10,12,17-20,22,30H,1,11,13-16,21,23-24H2,2-5H3. The molecule has 2 aliphatic heterocycles. The molecule has 0 atom stereocenters. The fourth-order valence-electron chi connectivity index (χ4n) is 6.64. The first kappa shape index (κ1) is 33.9. The largest absolute Gasteiger partial charge is 0.490 e. The van der Waals surface area contributed by atoms with E-state index in [9.17, 15) is 9.18 Å². The van der Waals surface area contributed by atoms with Crippen molar-refractivity contribution in [1.29, 1.82) is 0 Å². The fraction of sp³-hybridized carbons (Fsp3) is 0.359. The number of amides is 1. The van der Waals surface area contributed by atoms with E-state index >= 15 is 0 Å². The molecule has 2 aromatic carbocycles. The molecule has 50 heavy (non-hydrogen) atoms. The van der Waals surface area contributed by atoms with E-state index in [4.69, 9.17) is 24.3 Å². The van der Waals surface area contributed by atoms with Crippen LogP contribution in [0.3, 0.4) is 0 Å². The van der Waals surface area contributed by atoms with Crippen LogP contribution in [0, 0.1) is 5.82 Å². The van der Waals surface area contributed by atoms with Gasteiger partial charge in [0.05, 0.1) is 30.2 Å². The molecule has 5 aromatic rings. The van der Waals surface area contributed by atoms with E-state index in [1.807, 2.05) is 37.7 Å². The molecule has 1 fully saturated rings. The van der Waals surface area contributed by atoms with E-state index in [1.54, 1.807) is 29.4 Å². The summed E-state index contributed by atoms with van der Waals surface area (Å²) in [6.45, 7) is 13.9. The van der Waals surface area contributed by atoms with Crippen molar-refractivity contribution in [2.75, 3.05) is 46.5 Å². The van der Waals surface area contributed by atoms with Crippen LogP contribution in [0.15, 0.2) is 72.9 Å². The predicted octanol–water partition coefficient (Wildman–Crippen LogP) is 7.99. The lowest BCUT2D eigenvalue weighted by molar-refractivity contribution is 0.0224. The number of rotatable bonds is 10. The number of hydrogen-bond acceptors (Lipinski definition) is 8. The number of carbonyl (C=O) groups is 1. The summed E-state index contributed by atoms with van der Waals surface area (Å²) in [5.41, 5.74) is 6.84. The smallest absolute Gasteiger partial charge is 0.410 e. The Morgan fingerprint density at radius 3 is 2.70 bits per heavy atom. The Hall–Kier alpha value is -4.58. The summed E-state index contributed by atoms with van der Waals surface area (Å²) in [4.78, 5) is 22.3. The number of thiophene rings is 1. The van der Waals surface area contributed by atoms with Crippen molar-refractivity contribution in [3.05, 3.63) is 89.8 Å². The first-order valence-electron chi connectivity index (χ1n) is 16.9. The van der Waals surface area contributed by atoms with E-state index in [0.717, 1.165) is 75.3 Å². The van der Waals surface area contributed by atoms with Crippen LogP contribution in [0.1, 0.15) is 37.9 Å². The number of likely N-dealkylation sites (tertiary alicyclic amines) is 1. The number of ether oxygens (including phenoxy) is 3. The number of hydrogen-bond donors (Lipinski definition) is 0. The molecular weight excluding hydrogens is 654 g/mol. The zero-order valence-corrected chi connectivity index (χ0v) is 29.8. The zero-order chi connectivity index (χ0) is 35.0. The summed E-state index contributed by atoms with van der Waals surface area (Å²) in [5.74, 6) is 0.0539. The molecule has 5 heterocycles. The molecule has 0 bridgehead atoms. The van der Waals surface area contributed by atoms with Gasteiger partial charge in [-0.15, -0.1) is 17.9 Å². The Balaban J connectivity index is 1.32. The van der Waals surface area contributed by atoms with Gasteiger partial charge in [0.15, 0.2) is 0 Å². The van der Waals surface area contributed by atoms with Crippen LogP contribution < -0.4 is 4.74 Å². The third-order valence-corrected chi connectivity index (χ3v) is 10.0. The third-order valence-electron chi connectivity index (χ3n) is 9.08. The molecule has 3 aromatic heterocycles. The van der Waals surface area contributed by atoms with Gasteiger partial charge in [0.2, 0.25) is 0 Å². The van der Waals surface area contributed by atoms with Crippen LogP contribution in [-0.2, 0) is 22.4 Å². The van der Waals surface area contributed by atoms with Gasteiger partial charge in [0, 0.05) is 84.4 Å². The van der Waals surface area contributed by atoms with Crippen LogP contribution in [-0.4, -0.2) is 82.8 Å². The second-order valence-electron chi connectivity index (χ2n) is 13.8. The maximum atomic E-state index is 14.7. The Bertz CT molecular complexity index is 2040. The average Bonchev–Trinajstić information content (AvgIpc) is 3.75. The summed E-state index contributed by atoms with van der Waals surface area (Å²) in [5, 5.41) is 7.86. The molecule has 0 N–H and O–H groups in total. The van der Waals surface area contributed by atoms with E-state index in [1.165, 1.54) is 17.7 Å². The topological polar surface area (TPSA) is 82.0 Å². The minimum Gasteiger partial charge on any atom is -0.490 e. The van der Waals surface area contributed by atoms with Crippen molar-refractivity contribution >= 4 is 27.5 Å². The highest BCUT2D eigenvalue weighted by atomic mass is 32.1. The number of nitrogens with zero attached hydrogens (tertiary/aromatic N) is 5. The second kappa shape index (κ2) is 14.0. The van der Waals surface area contributed by atoms with Crippen molar-refractivity contribution < 1.29 is 23.4 Å². The molecule has 9 nitrogen and oxygen atoms in total. The summed E-state index contributed by atoms with van der Waals surface area (Å²) in [7, 11) is 1.61. The summed E-state index contributed by atoms with van der Waals surface area (Å²) >= 11 is 1.62. The molecule has 2 aliphatic rings. The summed E-state index contributed by atoms with van der Waals surface area (Å²) in [6, 6.07) is 13.4. The maximum absolute atomic E-state index is 14.7. The Labute approximate surface area is 295 Å². The minimum absolute atomic E-state index is 0.261. The van der Waals surface area contributed by atoms with Gasteiger partial charge in [0.25, 0.3) is 0 Å². The number of methoxy groups -OCH3 is 1. The van der Waals surface area contributed by atoms with Crippen molar-refractivity contribution in [2.45, 2.75) is 45.4 Å². The quantitative estimate of drug-likeness (QED) is 0.108. The molecule has 0 spiro atoms. The van der Waals surface area contributed by atoms with Gasteiger partial charge in [-0.05, 0) is 68.0 Å². The van der Waals surface area contributed by atoms with Gasteiger partial charge >= 0.3 is 6.09 Å². The first-order valence-corrected chi connectivity index (χ1v) is 17.8. The van der Waals surface area contributed by atoms with Gasteiger partial charge < -0.3 is 19.1 Å². The van der Waals surface area contributed by atoms with Gasteiger partial charge in [-0.2, -0.15) is 5.10 Å². The highest BCUT2D eigenvalue weighted by Gasteiger charge is 2.30. The monoisotopic (exact) mass is 695 g/mol. The Morgan fingerprint density at radius 2 is 1.92 bits per heavy atom. The molecule has 0 saturated carbocycles. The molecule has 0 aliphatic carbocycles. The molecule has 1 saturated heterocycles. The van der Waals surface area contributed by atoms with E-state index in [2.05, 4.69) is 47.3 Å². The van der Waals surface area contributed by atoms with Crippen LogP contribution in [0.25, 0.3) is 43.7 Å². The summed E-state index contributed by atoms with van der Waals surface area (Å²) < 4.78 is 34.7. The van der Waals surface area contributed by atoms with Crippen LogP contribution in [0.4, 0.5) is 9.18 Å². The van der Waals surface area contributed by atoms with E-state index in [0.29, 0.717) is 25.4 Å². The normalized spacial score (nSPS) is 15.2. The zero-order valence-electron chi connectivity index (χ0n) is 28.9. The predicted molar refractivity (Wildman–Crippen MR) is 195 cm³/mol. The van der Waals surface area contributed by atoms with Gasteiger partial charge in [0.1, 0.15) is 23.8 Å². The minimum atomic E-state index is -0.548. The van der Waals surface area contributed by atoms with Gasteiger partial charge in [-0.1, -0.05) is 18.2 Å². The first-order chi connectivity index (χ1) is 24.1. The van der Waals surface area contributed by atoms with E-state index in [-0.39, 0.29) is 24.6 Å². The Kier molecular flexibility index (Phi) is 9.47. The summed E-state index contributed by atoms with van der Waals surface area (Å²) in [6.07, 6.45) is 6.29. The molecule has 7 rings (SSSR count).